The van der Waals surface area contributed by atoms with Crippen LogP contribution in [0.5, 0.6) is 0 Å². The van der Waals surface area contributed by atoms with Crippen LogP contribution in [0.3, 0.4) is 0 Å². The van der Waals surface area contributed by atoms with E-state index >= 15 is 0 Å². The summed E-state index contributed by atoms with van der Waals surface area (Å²) in [7, 11) is 0. The number of fused-ring (bicyclic) bond motifs is 1. The minimum atomic E-state index is -0.388. The molecular formula is C22H24N4O3. The van der Waals surface area contributed by atoms with Crippen LogP contribution in [0.15, 0.2) is 48.7 Å². The summed E-state index contributed by atoms with van der Waals surface area (Å²) in [4.78, 5) is 19.2. The highest BCUT2D eigenvalue weighted by Crippen LogP contribution is 2.43. The van der Waals surface area contributed by atoms with Crippen molar-refractivity contribution in [2.75, 3.05) is 13.1 Å². The van der Waals surface area contributed by atoms with E-state index in [1.807, 2.05) is 41.3 Å². The zero-order valence-electron chi connectivity index (χ0n) is 16.1. The lowest BCUT2D eigenvalue weighted by atomic mass is 9.81. The number of amides is 1. The van der Waals surface area contributed by atoms with E-state index in [1.54, 1.807) is 12.3 Å². The minimum absolute atomic E-state index is 0.0766. The smallest absolute Gasteiger partial charge is 0.272 e. The molecule has 29 heavy (non-hydrogen) atoms. The number of pyridine rings is 1. The summed E-state index contributed by atoms with van der Waals surface area (Å²) in [5.74, 6) is -0.0766. The van der Waals surface area contributed by atoms with Crippen molar-refractivity contribution < 1.29 is 14.6 Å². The molecule has 150 valence electrons. The lowest BCUT2D eigenvalue weighted by Crippen LogP contribution is -2.52. The molecule has 2 N–H and O–H groups in total. The second-order valence-electron chi connectivity index (χ2n) is 8.09. The summed E-state index contributed by atoms with van der Waals surface area (Å²) in [6, 6.07) is 13.7. The molecule has 2 atom stereocenters. The molecule has 1 amide bonds. The Labute approximate surface area is 168 Å². The average molecular weight is 392 g/mol. The Hall–Kier alpha value is -2.77. The topological polar surface area (TPSA) is 91.3 Å². The van der Waals surface area contributed by atoms with Gasteiger partial charge < -0.3 is 14.7 Å². The van der Waals surface area contributed by atoms with Gasteiger partial charge >= 0.3 is 0 Å². The number of hydrogen-bond donors (Lipinski definition) is 2. The maximum atomic E-state index is 12.9. The van der Waals surface area contributed by atoms with Gasteiger partial charge in [-0.25, -0.2) is 4.98 Å². The summed E-state index contributed by atoms with van der Waals surface area (Å²) < 4.78 is 6.53. The number of ether oxygens (including phenoxy) is 1. The van der Waals surface area contributed by atoms with E-state index in [9.17, 15) is 9.90 Å². The number of benzene rings is 1. The number of aliphatic hydroxyl groups is 1. The number of piperidine rings is 1. The van der Waals surface area contributed by atoms with Crippen LogP contribution in [0.1, 0.15) is 47.8 Å². The van der Waals surface area contributed by atoms with Crippen LogP contribution in [-0.4, -0.2) is 55.9 Å². The van der Waals surface area contributed by atoms with Crippen LogP contribution in [0.25, 0.3) is 11.0 Å². The SMILES string of the molecule is O=C(c1ccc2cn[nH]c2n1)N1CCC2(CC1)C[C@@H](O)C[C@H](c1ccccc1)O2. The third-order valence-electron chi connectivity index (χ3n) is 6.14. The Morgan fingerprint density at radius 2 is 1.97 bits per heavy atom. The van der Waals surface area contributed by atoms with E-state index < -0.39 is 0 Å². The fourth-order valence-corrected chi connectivity index (χ4v) is 4.58. The summed E-state index contributed by atoms with van der Waals surface area (Å²) >= 11 is 0. The number of hydrogen-bond acceptors (Lipinski definition) is 5. The number of aromatic amines is 1. The number of carbonyl (C=O) groups excluding carboxylic acids is 1. The molecule has 2 aliphatic heterocycles. The van der Waals surface area contributed by atoms with Gasteiger partial charge in [0.15, 0.2) is 5.65 Å². The minimum Gasteiger partial charge on any atom is -0.393 e. The van der Waals surface area contributed by atoms with Gasteiger partial charge in [0.25, 0.3) is 5.91 Å². The van der Waals surface area contributed by atoms with Crippen LogP contribution < -0.4 is 0 Å². The number of aliphatic hydroxyl groups excluding tert-OH is 1. The second-order valence-corrected chi connectivity index (χ2v) is 8.09. The quantitative estimate of drug-likeness (QED) is 0.700. The summed E-state index contributed by atoms with van der Waals surface area (Å²) in [6.45, 7) is 1.19. The van der Waals surface area contributed by atoms with Gasteiger partial charge in [-0.2, -0.15) is 5.10 Å². The lowest BCUT2D eigenvalue weighted by Gasteiger charge is -2.48. The van der Waals surface area contributed by atoms with E-state index in [-0.39, 0.29) is 23.7 Å². The predicted octanol–water partition coefficient (Wildman–Crippen LogP) is 2.85. The first-order valence-electron chi connectivity index (χ1n) is 10.1. The van der Waals surface area contributed by atoms with Crippen molar-refractivity contribution in [1.29, 1.82) is 0 Å². The Morgan fingerprint density at radius 3 is 2.76 bits per heavy atom. The highest BCUT2D eigenvalue weighted by atomic mass is 16.5. The van der Waals surface area contributed by atoms with Gasteiger partial charge in [0.1, 0.15) is 5.69 Å². The van der Waals surface area contributed by atoms with Gasteiger partial charge in [0.2, 0.25) is 0 Å². The van der Waals surface area contributed by atoms with Crippen molar-refractivity contribution in [1.82, 2.24) is 20.1 Å². The number of carbonyl (C=O) groups is 1. The maximum absolute atomic E-state index is 12.9. The van der Waals surface area contributed by atoms with E-state index in [4.69, 9.17) is 4.74 Å². The van der Waals surface area contributed by atoms with Crippen molar-refractivity contribution in [2.24, 2.45) is 0 Å². The number of nitrogens with one attached hydrogen (secondary N) is 1. The fraction of sp³-hybridized carbons (Fsp3) is 0.409. The number of nitrogens with zero attached hydrogens (tertiary/aromatic N) is 3. The maximum Gasteiger partial charge on any atom is 0.272 e. The predicted molar refractivity (Wildman–Crippen MR) is 107 cm³/mol. The monoisotopic (exact) mass is 392 g/mol. The number of H-pyrrole nitrogens is 1. The first-order valence-corrected chi connectivity index (χ1v) is 10.1. The molecular weight excluding hydrogens is 368 g/mol. The fourth-order valence-electron chi connectivity index (χ4n) is 4.58. The Balaban J connectivity index is 1.29. The molecule has 1 spiro atoms. The zero-order chi connectivity index (χ0) is 19.8. The molecule has 0 unspecified atom stereocenters. The Kier molecular flexibility index (Phi) is 4.56. The largest absolute Gasteiger partial charge is 0.393 e. The molecule has 2 aromatic heterocycles. The van der Waals surface area contributed by atoms with Crippen LogP contribution in [0, 0.1) is 0 Å². The van der Waals surface area contributed by atoms with Crippen LogP contribution in [0.4, 0.5) is 0 Å². The van der Waals surface area contributed by atoms with Gasteiger partial charge in [0.05, 0.1) is 24.0 Å². The first-order chi connectivity index (χ1) is 14.1. The van der Waals surface area contributed by atoms with E-state index in [0.717, 1.165) is 10.9 Å². The molecule has 7 heteroatoms. The number of rotatable bonds is 2. The molecule has 2 aliphatic rings. The highest BCUT2D eigenvalue weighted by molar-refractivity contribution is 5.94. The van der Waals surface area contributed by atoms with Gasteiger partial charge in [-0.15, -0.1) is 0 Å². The number of aromatic nitrogens is 3. The third-order valence-corrected chi connectivity index (χ3v) is 6.14. The van der Waals surface area contributed by atoms with Crippen molar-refractivity contribution in [3.63, 3.8) is 0 Å². The van der Waals surface area contributed by atoms with Crippen molar-refractivity contribution in [3.05, 3.63) is 59.9 Å². The average Bonchev–Trinajstić information content (AvgIpc) is 3.22. The van der Waals surface area contributed by atoms with Crippen LogP contribution >= 0.6 is 0 Å². The zero-order valence-corrected chi connectivity index (χ0v) is 16.1. The molecule has 7 nitrogen and oxygen atoms in total. The molecule has 0 aliphatic carbocycles. The summed E-state index contributed by atoms with van der Waals surface area (Å²) in [6.07, 6.45) is 3.86. The van der Waals surface area contributed by atoms with Gasteiger partial charge in [-0.3, -0.25) is 9.89 Å². The van der Waals surface area contributed by atoms with Gasteiger partial charge in [-0.1, -0.05) is 30.3 Å². The number of likely N-dealkylation sites (tertiary alicyclic amines) is 1. The molecule has 0 saturated carbocycles. The third kappa shape index (κ3) is 3.52. The highest BCUT2D eigenvalue weighted by Gasteiger charge is 2.44. The van der Waals surface area contributed by atoms with Crippen LogP contribution in [0.2, 0.25) is 0 Å². The molecule has 0 radical (unpaired) electrons. The van der Waals surface area contributed by atoms with Gasteiger partial charge in [0, 0.05) is 31.3 Å². The van der Waals surface area contributed by atoms with Crippen molar-refractivity contribution in [2.45, 2.75) is 43.5 Å². The normalized spacial score (nSPS) is 24.1. The van der Waals surface area contributed by atoms with Crippen molar-refractivity contribution >= 4 is 16.9 Å². The lowest BCUT2D eigenvalue weighted by molar-refractivity contribution is -0.181. The van der Waals surface area contributed by atoms with Gasteiger partial charge in [-0.05, 0) is 30.5 Å². The molecule has 5 rings (SSSR count). The molecule has 2 saturated heterocycles. The van der Waals surface area contributed by atoms with Crippen LogP contribution in [-0.2, 0) is 4.74 Å². The molecule has 3 aromatic rings. The van der Waals surface area contributed by atoms with E-state index in [2.05, 4.69) is 15.2 Å². The molecule has 1 aromatic carbocycles. The second kappa shape index (κ2) is 7.24. The Morgan fingerprint density at radius 1 is 1.17 bits per heavy atom. The molecule has 0 bridgehead atoms. The molecule has 2 fully saturated rings. The summed E-state index contributed by atoms with van der Waals surface area (Å²) in [5, 5.41) is 18.2. The molecule has 4 heterocycles. The van der Waals surface area contributed by atoms with E-state index in [0.29, 0.717) is 50.1 Å². The van der Waals surface area contributed by atoms with Crippen molar-refractivity contribution in [3.8, 4) is 0 Å². The van der Waals surface area contributed by atoms with E-state index in [1.165, 1.54) is 0 Å². The Bertz CT molecular complexity index is 1010. The standard InChI is InChI=1S/C22H24N4O3/c27-17-12-19(15-4-2-1-3-5-15)29-22(13-17)8-10-26(11-9-22)21(28)18-7-6-16-14-23-25-20(16)24-18/h1-7,14,17,19,27H,8-13H2,(H,23,24,25)/t17-,19+/m0/s1. The summed E-state index contributed by atoms with van der Waals surface area (Å²) in [5.41, 5.74) is 1.76. The first kappa shape index (κ1) is 18.3.